The van der Waals surface area contributed by atoms with Gasteiger partial charge in [0.15, 0.2) is 5.82 Å². The van der Waals surface area contributed by atoms with Crippen molar-refractivity contribution < 1.29 is 4.74 Å². The van der Waals surface area contributed by atoms with Crippen LogP contribution in [0.5, 0.6) is 5.88 Å². The fourth-order valence-corrected chi connectivity index (χ4v) is 1.42. The van der Waals surface area contributed by atoms with Crippen LogP contribution >= 0.6 is 23.2 Å². The molecule has 0 aliphatic heterocycles. The number of halogens is 2. The van der Waals surface area contributed by atoms with E-state index in [-0.39, 0.29) is 6.61 Å². The fraction of sp³-hybridized carbons (Fsp3) is 0.400. The second-order valence-electron chi connectivity index (χ2n) is 3.83. The highest BCUT2D eigenvalue weighted by Gasteiger charge is 2.19. The van der Waals surface area contributed by atoms with E-state index in [1.165, 1.54) is 17.3 Å². The Morgan fingerprint density at radius 2 is 2.11 bits per heavy atom. The molecule has 2 heterocycles. The Balaban J connectivity index is 2.25. The number of hydrogen-bond donors (Lipinski definition) is 0. The number of ether oxygens (including phenoxy) is 1. The van der Waals surface area contributed by atoms with Crippen LogP contribution in [0.3, 0.4) is 0 Å². The van der Waals surface area contributed by atoms with Gasteiger partial charge < -0.3 is 4.74 Å². The minimum Gasteiger partial charge on any atom is -0.474 e. The molecule has 8 heteroatoms. The minimum atomic E-state index is -0.967. The van der Waals surface area contributed by atoms with Crippen LogP contribution in [0.25, 0.3) is 5.82 Å². The van der Waals surface area contributed by atoms with Crippen LogP contribution in [0.2, 0.25) is 0 Å². The van der Waals surface area contributed by atoms with Crippen molar-refractivity contribution in [3.8, 4) is 11.7 Å². The molecule has 0 atom stereocenters. The molecule has 2 aromatic heterocycles. The number of aromatic nitrogens is 5. The maximum absolute atomic E-state index is 5.84. The van der Waals surface area contributed by atoms with Crippen molar-refractivity contribution >= 4 is 23.2 Å². The molecule has 0 bridgehead atoms. The number of nitrogens with zero attached hydrogens (tertiary/aromatic N) is 5. The lowest BCUT2D eigenvalue weighted by molar-refractivity contribution is 0.293. The van der Waals surface area contributed by atoms with Crippen molar-refractivity contribution in [3.63, 3.8) is 0 Å². The second kappa shape index (κ2) is 5.07. The molecule has 18 heavy (non-hydrogen) atoms. The largest absolute Gasteiger partial charge is 0.474 e. The summed E-state index contributed by atoms with van der Waals surface area (Å²) in [6.45, 7) is 3.60. The average molecular weight is 288 g/mol. The van der Waals surface area contributed by atoms with Gasteiger partial charge in [0.25, 0.3) is 0 Å². The third kappa shape index (κ3) is 3.08. The van der Waals surface area contributed by atoms with Gasteiger partial charge >= 0.3 is 0 Å². The minimum absolute atomic E-state index is 0.130. The molecule has 96 valence electrons. The van der Waals surface area contributed by atoms with Crippen LogP contribution in [-0.4, -0.2) is 35.7 Å². The summed E-state index contributed by atoms with van der Waals surface area (Å²) in [4.78, 5) is 12.0. The Kier molecular flexibility index (Phi) is 3.68. The molecular formula is C10H11Cl2N5O. The highest BCUT2D eigenvalue weighted by molar-refractivity contribution is 6.48. The molecule has 2 aromatic rings. The molecule has 0 unspecified atom stereocenters. The fourth-order valence-electron chi connectivity index (χ4n) is 1.31. The second-order valence-corrected chi connectivity index (χ2v) is 5.69. The molecular weight excluding hydrogens is 277 g/mol. The van der Waals surface area contributed by atoms with Crippen molar-refractivity contribution in [2.75, 3.05) is 6.61 Å². The first-order chi connectivity index (χ1) is 8.47. The van der Waals surface area contributed by atoms with Gasteiger partial charge in [0.05, 0.1) is 5.56 Å². The molecule has 0 N–H and O–H groups in total. The molecule has 0 saturated heterocycles. The molecule has 0 amide bonds. The van der Waals surface area contributed by atoms with Crippen molar-refractivity contribution in [1.82, 2.24) is 24.7 Å². The van der Waals surface area contributed by atoms with E-state index in [2.05, 4.69) is 20.1 Å². The highest BCUT2D eigenvalue weighted by Crippen LogP contribution is 2.23. The lowest BCUT2D eigenvalue weighted by Gasteiger charge is -2.15. The van der Waals surface area contributed by atoms with Crippen molar-refractivity contribution in [1.29, 1.82) is 0 Å². The summed E-state index contributed by atoms with van der Waals surface area (Å²) < 4.78 is 6.03. The van der Waals surface area contributed by atoms with Gasteiger partial charge in [-0.1, -0.05) is 23.2 Å². The summed E-state index contributed by atoms with van der Waals surface area (Å²) in [5.74, 6) is 1.02. The third-order valence-electron chi connectivity index (χ3n) is 2.11. The zero-order chi connectivity index (χ0) is 13.2. The van der Waals surface area contributed by atoms with Crippen molar-refractivity contribution in [2.24, 2.45) is 0 Å². The van der Waals surface area contributed by atoms with E-state index in [0.29, 0.717) is 11.7 Å². The molecule has 0 aromatic carbocycles. The van der Waals surface area contributed by atoms with Gasteiger partial charge in [-0.25, -0.2) is 19.6 Å². The van der Waals surface area contributed by atoms with Crippen LogP contribution in [0, 0.1) is 6.92 Å². The highest BCUT2D eigenvalue weighted by atomic mass is 35.5. The molecule has 0 saturated carbocycles. The summed E-state index contributed by atoms with van der Waals surface area (Å²) in [7, 11) is 0. The van der Waals surface area contributed by atoms with Crippen LogP contribution in [0.1, 0.15) is 12.5 Å². The van der Waals surface area contributed by atoms with Crippen molar-refractivity contribution in [2.45, 2.75) is 18.2 Å². The zero-order valence-electron chi connectivity index (χ0n) is 9.84. The van der Waals surface area contributed by atoms with Gasteiger partial charge in [0.2, 0.25) is 5.88 Å². The predicted octanol–water partition coefficient (Wildman–Crippen LogP) is 1.94. The first kappa shape index (κ1) is 13.0. The van der Waals surface area contributed by atoms with Gasteiger partial charge in [-0.15, -0.1) is 0 Å². The molecule has 0 aliphatic carbocycles. The maximum atomic E-state index is 5.84. The van der Waals surface area contributed by atoms with E-state index < -0.39 is 4.33 Å². The van der Waals surface area contributed by atoms with Gasteiger partial charge in [-0.3, -0.25) is 0 Å². The zero-order valence-corrected chi connectivity index (χ0v) is 11.4. The van der Waals surface area contributed by atoms with Gasteiger partial charge in [0, 0.05) is 0 Å². The Hall–Kier alpha value is -1.40. The van der Waals surface area contributed by atoms with Crippen LogP contribution in [0.15, 0.2) is 19.0 Å². The molecule has 0 aliphatic rings. The first-order valence-electron chi connectivity index (χ1n) is 5.14. The monoisotopic (exact) mass is 287 g/mol. The summed E-state index contributed by atoms with van der Waals surface area (Å²) >= 11 is 11.7. The molecule has 0 radical (unpaired) electrons. The number of hydrogen-bond acceptors (Lipinski definition) is 5. The predicted molar refractivity (Wildman–Crippen MR) is 67.3 cm³/mol. The van der Waals surface area contributed by atoms with E-state index >= 15 is 0 Å². The standard InChI is InChI=1S/C10H11Cl2N5O/c1-7-8(17-6-13-4-16-17)14-5-15-9(7)18-3-10(2,11)12/h4-6H,3H2,1-2H3. The average Bonchev–Trinajstić information content (AvgIpc) is 2.80. The Bertz CT molecular complexity index is 524. The molecule has 0 spiro atoms. The topological polar surface area (TPSA) is 65.7 Å². The normalized spacial score (nSPS) is 11.6. The third-order valence-corrected chi connectivity index (χ3v) is 2.33. The molecule has 2 rings (SSSR count). The Morgan fingerprint density at radius 1 is 1.33 bits per heavy atom. The number of rotatable bonds is 4. The summed E-state index contributed by atoms with van der Waals surface area (Å²) in [6.07, 6.45) is 4.36. The van der Waals surface area contributed by atoms with Gasteiger partial charge in [0.1, 0.15) is 29.9 Å². The lowest BCUT2D eigenvalue weighted by atomic mass is 10.3. The van der Waals surface area contributed by atoms with Crippen LogP contribution in [0.4, 0.5) is 0 Å². The van der Waals surface area contributed by atoms with Gasteiger partial charge in [-0.05, 0) is 13.8 Å². The summed E-state index contributed by atoms with van der Waals surface area (Å²) in [6, 6.07) is 0. The van der Waals surface area contributed by atoms with Crippen LogP contribution in [-0.2, 0) is 0 Å². The van der Waals surface area contributed by atoms with E-state index in [1.807, 2.05) is 6.92 Å². The lowest BCUT2D eigenvalue weighted by Crippen LogP contribution is -2.19. The summed E-state index contributed by atoms with van der Waals surface area (Å²) in [5, 5.41) is 4.00. The smallest absolute Gasteiger partial charge is 0.221 e. The van der Waals surface area contributed by atoms with E-state index in [4.69, 9.17) is 27.9 Å². The van der Waals surface area contributed by atoms with Crippen LogP contribution < -0.4 is 4.74 Å². The molecule has 6 nitrogen and oxygen atoms in total. The maximum Gasteiger partial charge on any atom is 0.221 e. The quantitative estimate of drug-likeness (QED) is 0.804. The molecule has 0 fully saturated rings. The SMILES string of the molecule is Cc1c(OCC(C)(Cl)Cl)ncnc1-n1cncn1. The number of alkyl halides is 2. The Morgan fingerprint density at radius 3 is 2.72 bits per heavy atom. The summed E-state index contributed by atoms with van der Waals surface area (Å²) in [5.41, 5.74) is 0.737. The van der Waals surface area contributed by atoms with Crippen molar-refractivity contribution in [3.05, 3.63) is 24.5 Å². The first-order valence-corrected chi connectivity index (χ1v) is 5.90. The van der Waals surface area contributed by atoms with Gasteiger partial charge in [-0.2, -0.15) is 5.10 Å². The van der Waals surface area contributed by atoms with E-state index in [9.17, 15) is 0 Å². The van der Waals surface area contributed by atoms with E-state index in [1.54, 1.807) is 13.3 Å². The van der Waals surface area contributed by atoms with E-state index in [0.717, 1.165) is 5.56 Å². The Labute approximate surface area is 114 Å².